The van der Waals surface area contributed by atoms with Crippen molar-refractivity contribution in [3.63, 3.8) is 0 Å². The van der Waals surface area contributed by atoms with E-state index in [0.29, 0.717) is 16.5 Å². The van der Waals surface area contributed by atoms with Crippen molar-refractivity contribution in [1.29, 1.82) is 0 Å². The lowest BCUT2D eigenvalue weighted by Crippen LogP contribution is -2.70. The van der Waals surface area contributed by atoms with E-state index >= 15 is 0 Å². The van der Waals surface area contributed by atoms with Gasteiger partial charge in [0.2, 0.25) is 5.16 Å². The summed E-state index contributed by atoms with van der Waals surface area (Å²) in [5.74, 6) is -1.85. The molecule has 1 saturated heterocycles. The molecule has 3 N–H and O–H groups in total. The van der Waals surface area contributed by atoms with Crippen LogP contribution in [0.4, 0.5) is 9.93 Å². The van der Waals surface area contributed by atoms with Crippen LogP contribution in [0.3, 0.4) is 0 Å². The van der Waals surface area contributed by atoms with Crippen molar-refractivity contribution in [2.75, 3.05) is 16.8 Å². The number of tetrazole rings is 1. The first-order valence-corrected chi connectivity index (χ1v) is 14.6. The van der Waals surface area contributed by atoms with Crippen LogP contribution in [-0.4, -0.2) is 87.6 Å². The molecular weight excluding hydrogens is 592 g/mol. The molecule has 2 aromatic heterocycles. The molecule has 0 bridgehead atoms. The smallest absolute Gasteiger partial charge is 0.413 e. The Balaban J connectivity index is 1.42. The lowest BCUT2D eigenvalue weighted by Gasteiger charge is -2.49. The summed E-state index contributed by atoms with van der Waals surface area (Å²) < 4.78 is 6.65. The number of nitrogens with one attached hydrogen (secondary N) is 2. The van der Waals surface area contributed by atoms with E-state index in [1.54, 1.807) is 27.8 Å². The van der Waals surface area contributed by atoms with E-state index in [9.17, 15) is 24.3 Å². The number of ether oxygens (including phenoxy) is 1. The fraction of sp³-hybridized carbons (Fsp3) is 0.429. The van der Waals surface area contributed by atoms with Gasteiger partial charge in [0.25, 0.3) is 11.8 Å². The summed E-state index contributed by atoms with van der Waals surface area (Å²) in [7, 11) is 1.67. The molecule has 1 unspecified atom stereocenters. The van der Waals surface area contributed by atoms with Gasteiger partial charge in [-0.15, -0.1) is 28.2 Å². The van der Waals surface area contributed by atoms with Crippen LogP contribution in [0, 0.1) is 0 Å². The summed E-state index contributed by atoms with van der Waals surface area (Å²) in [4.78, 5) is 55.5. The Hall–Kier alpha value is -3.15. The number of thioether (sulfide) groups is 2. The Morgan fingerprint density at radius 1 is 1.36 bits per heavy atom. The fourth-order valence-corrected chi connectivity index (χ4v) is 6.82. The van der Waals surface area contributed by atoms with E-state index in [1.165, 1.54) is 38.5 Å². The van der Waals surface area contributed by atoms with Crippen molar-refractivity contribution in [3.05, 3.63) is 27.9 Å². The molecule has 3 amide bonds. The number of thiazole rings is 1. The molecule has 0 spiro atoms. The molecule has 14 nitrogen and oxygen atoms in total. The third-order valence-corrected chi connectivity index (χ3v) is 8.65. The van der Waals surface area contributed by atoms with E-state index in [-0.39, 0.29) is 27.8 Å². The minimum Gasteiger partial charge on any atom is -0.477 e. The molecule has 0 saturated carbocycles. The SMILES string of the molecule is Cn1nnnc1SCC1=C(C(=O)O)N2C(=O)C(NC(=O)C(=CCl)c3csc(NC(=O)OC(C)(C)C)n3)[C@H]2SC1. The number of rotatable bonds is 8. The molecule has 0 radical (unpaired) electrons. The number of aromatic nitrogens is 5. The molecule has 2 atom stereocenters. The van der Waals surface area contributed by atoms with Crippen molar-refractivity contribution in [1.82, 2.24) is 35.4 Å². The van der Waals surface area contributed by atoms with E-state index in [2.05, 4.69) is 31.1 Å². The van der Waals surface area contributed by atoms with Crippen molar-refractivity contribution in [2.45, 2.75) is 42.9 Å². The average Bonchev–Trinajstić information content (AvgIpc) is 3.48. The van der Waals surface area contributed by atoms with E-state index in [1.807, 2.05) is 0 Å². The van der Waals surface area contributed by atoms with Gasteiger partial charge in [-0.25, -0.2) is 19.3 Å². The number of carboxylic acid groups (broad SMARTS) is 1. The number of carboxylic acids is 1. The van der Waals surface area contributed by atoms with Crippen molar-refractivity contribution < 1.29 is 29.0 Å². The second kappa shape index (κ2) is 11.5. The number of halogens is 1. The van der Waals surface area contributed by atoms with Crippen molar-refractivity contribution >= 4 is 81.0 Å². The molecule has 4 rings (SSSR count). The number of aryl methyl sites for hydroxylation is 1. The number of anilines is 1. The van der Waals surface area contributed by atoms with Crippen LogP contribution in [0.15, 0.2) is 27.3 Å². The average molecular weight is 615 g/mol. The van der Waals surface area contributed by atoms with Crippen LogP contribution in [0.5, 0.6) is 0 Å². The topological polar surface area (TPSA) is 182 Å². The summed E-state index contributed by atoms with van der Waals surface area (Å²) in [6, 6.07) is -0.960. The number of carbonyl (C=O) groups excluding carboxylic acids is 3. The number of hydrogen-bond acceptors (Lipinski definition) is 12. The monoisotopic (exact) mass is 614 g/mol. The number of β-lactam (4-membered cyclic amide) rings is 1. The zero-order valence-corrected chi connectivity index (χ0v) is 24.2. The van der Waals surface area contributed by atoms with Gasteiger partial charge in [0.15, 0.2) is 5.13 Å². The van der Waals surface area contributed by atoms with Crippen LogP contribution < -0.4 is 10.6 Å². The van der Waals surface area contributed by atoms with E-state index < -0.39 is 40.9 Å². The van der Waals surface area contributed by atoms with Crippen LogP contribution in [0.2, 0.25) is 0 Å². The summed E-state index contributed by atoms with van der Waals surface area (Å²) in [6.45, 7) is 5.16. The normalized spacial score (nSPS) is 19.4. The van der Waals surface area contributed by atoms with Gasteiger partial charge in [0.1, 0.15) is 22.7 Å². The van der Waals surface area contributed by atoms with Gasteiger partial charge in [-0.2, -0.15) is 0 Å². The zero-order chi connectivity index (χ0) is 28.5. The van der Waals surface area contributed by atoms with E-state index in [4.69, 9.17) is 16.3 Å². The largest absolute Gasteiger partial charge is 0.477 e. The van der Waals surface area contributed by atoms with Crippen LogP contribution >= 0.6 is 46.5 Å². The maximum atomic E-state index is 13.0. The standard InChI is InChI=1S/C21H23ClN8O6S3/c1-21(2,3)36-20(35)25-18-23-11(8-38-18)10(5-22)14(31)24-12-15(32)30-13(17(33)34)9(6-37-16(12)30)7-39-19-26-27-28-29(19)4/h5,8,12,16H,6-7H2,1-4H3,(H,24,31)(H,33,34)(H,23,25,35)/t12?,16-/m1/s1. The maximum Gasteiger partial charge on any atom is 0.413 e. The highest BCUT2D eigenvalue weighted by Gasteiger charge is 2.54. The molecule has 2 aliphatic rings. The highest BCUT2D eigenvalue weighted by molar-refractivity contribution is 8.01. The molecule has 18 heteroatoms. The fourth-order valence-electron chi connectivity index (χ4n) is 3.58. The lowest BCUT2D eigenvalue weighted by atomic mass is 10.0. The third-order valence-electron chi connectivity index (χ3n) is 5.23. The molecule has 2 aromatic rings. The maximum absolute atomic E-state index is 13.0. The van der Waals surface area contributed by atoms with Crippen LogP contribution in [-0.2, 0) is 26.2 Å². The summed E-state index contributed by atoms with van der Waals surface area (Å²) in [5.41, 5.74) is 0.915. The quantitative estimate of drug-likeness (QED) is 0.224. The molecule has 4 heterocycles. The molecule has 0 aliphatic carbocycles. The van der Waals surface area contributed by atoms with Gasteiger partial charge in [0, 0.05) is 29.5 Å². The second-order valence-electron chi connectivity index (χ2n) is 9.18. The first-order chi connectivity index (χ1) is 18.4. The van der Waals surface area contributed by atoms with Gasteiger partial charge in [-0.05, 0) is 36.8 Å². The van der Waals surface area contributed by atoms with Gasteiger partial charge >= 0.3 is 12.1 Å². The Kier molecular flexibility index (Phi) is 8.53. The highest BCUT2D eigenvalue weighted by Crippen LogP contribution is 2.41. The molecule has 0 aromatic carbocycles. The van der Waals surface area contributed by atoms with Gasteiger partial charge < -0.3 is 15.2 Å². The summed E-state index contributed by atoms with van der Waals surface area (Å²) >= 11 is 9.57. The number of amides is 3. The van der Waals surface area contributed by atoms with Gasteiger partial charge in [-0.1, -0.05) is 23.4 Å². The Labute approximate surface area is 239 Å². The number of hydrogen-bond donors (Lipinski definition) is 3. The van der Waals surface area contributed by atoms with Crippen LogP contribution in [0.1, 0.15) is 26.5 Å². The second-order valence-corrected chi connectivity index (χ2v) is 12.3. The number of aliphatic carboxylic acids is 1. The van der Waals surface area contributed by atoms with Gasteiger partial charge in [0.05, 0.1) is 11.3 Å². The van der Waals surface area contributed by atoms with Crippen molar-refractivity contribution in [2.24, 2.45) is 7.05 Å². The molecule has 1 fully saturated rings. The Morgan fingerprint density at radius 2 is 2.10 bits per heavy atom. The van der Waals surface area contributed by atoms with Crippen LogP contribution in [0.25, 0.3) is 5.57 Å². The third kappa shape index (κ3) is 6.37. The molecule has 2 aliphatic heterocycles. The number of nitrogens with zero attached hydrogens (tertiary/aromatic N) is 6. The minimum atomic E-state index is -1.24. The molecular formula is C21H23ClN8O6S3. The van der Waals surface area contributed by atoms with E-state index in [0.717, 1.165) is 16.9 Å². The Morgan fingerprint density at radius 3 is 2.72 bits per heavy atom. The number of carbonyl (C=O) groups is 4. The zero-order valence-electron chi connectivity index (χ0n) is 21.0. The molecule has 208 valence electrons. The van der Waals surface area contributed by atoms with Gasteiger partial charge in [-0.3, -0.25) is 19.8 Å². The summed E-state index contributed by atoms with van der Waals surface area (Å²) in [6.07, 6.45) is -0.702. The Bertz CT molecular complexity index is 1380. The first-order valence-electron chi connectivity index (χ1n) is 11.2. The predicted molar refractivity (Wildman–Crippen MR) is 145 cm³/mol. The van der Waals surface area contributed by atoms with Crippen molar-refractivity contribution in [3.8, 4) is 0 Å². The molecule has 39 heavy (non-hydrogen) atoms. The number of fused-ring (bicyclic) bond motifs is 1. The highest BCUT2D eigenvalue weighted by atomic mass is 35.5. The summed E-state index contributed by atoms with van der Waals surface area (Å²) in [5, 5.41) is 27.8. The lowest BCUT2D eigenvalue weighted by molar-refractivity contribution is -0.150. The predicted octanol–water partition coefficient (Wildman–Crippen LogP) is 2.12. The first kappa shape index (κ1) is 28.8. The minimum absolute atomic E-state index is 0.0272.